The number of carbonyl (C=O) groups excluding carboxylic acids is 2. The summed E-state index contributed by atoms with van der Waals surface area (Å²) < 4.78 is 0. The molecule has 5 heteroatoms. The minimum absolute atomic E-state index is 0.0364. The Labute approximate surface area is 190 Å². The normalized spacial score (nSPS) is 11.1. The predicted octanol–water partition coefficient (Wildman–Crippen LogP) is 4.50. The molecule has 0 unspecified atom stereocenters. The summed E-state index contributed by atoms with van der Waals surface area (Å²) in [5.41, 5.74) is 9.00. The minimum Gasteiger partial charge on any atom is -0.334 e. The zero-order valence-electron chi connectivity index (χ0n) is 18.8. The van der Waals surface area contributed by atoms with Crippen LogP contribution in [0.25, 0.3) is 0 Å². The van der Waals surface area contributed by atoms with Crippen molar-refractivity contribution in [3.63, 3.8) is 0 Å². The van der Waals surface area contributed by atoms with E-state index in [-0.39, 0.29) is 17.2 Å². The first-order valence-corrected chi connectivity index (χ1v) is 10.8. The van der Waals surface area contributed by atoms with Crippen LogP contribution in [-0.2, 0) is 17.8 Å². The van der Waals surface area contributed by atoms with Gasteiger partial charge in [0.25, 0.3) is 5.91 Å². The van der Waals surface area contributed by atoms with Gasteiger partial charge in [-0.15, -0.1) is 0 Å². The van der Waals surface area contributed by atoms with E-state index >= 15 is 0 Å². The lowest BCUT2D eigenvalue weighted by atomic mass is 9.92. The monoisotopic (exact) mass is 429 g/mol. The number of nitrogens with one attached hydrogen (secondary N) is 1. The van der Waals surface area contributed by atoms with Crippen LogP contribution in [0.1, 0.15) is 35.3 Å². The second-order valence-electron chi connectivity index (χ2n) is 8.81. The average Bonchev–Trinajstić information content (AvgIpc) is 2.79. The molecule has 3 N–H and O–H groups in total. The molecule has 5 nitrogen and oxygen atoms in total. The smallest absolute Gasteiger partial charge is 0.254 e. The van der Waals surface area contributed by atoms with Crippen molar-refractivity contribution in [3.05, 3.63) is 102 Å². The molecule has 2 amide bonds. The zero-order chi connectivity index (χ0) is 23.0. The lowest BCUT2D eigenvalue weighted by Gasteiger charge is -2.32. The van der Waals surface area contributed by atoms with Crippen molar-refractivity contribution in [3.8, 4) is 0 Å². The Bertz CT molecular complexity index is 1030. The quantitative estimate of drug-likeness (QED) is 0.526. The van der Waals surface area contributed by atoms with Crippen molar-refractivity contribution in [1.82, 2.24) is 4.90 Å². The Kier molecular flexibility index (Phi) is 7.79. The maximum absolute atomic E-state index is 13.2. The molecule has 0 aromatic heterocycles. The number of hydrogen-bond acceptors (Lipinski definition) is 3. The number of nitrogens with two attached hydrogens (primary N) is 1. The fraction of sp³-hybridized carbons (Fsp3) is 0.259. The standard InChI is InChI=1S/C27H31N3O2/c1-27(2,19-28)20-30(26(32)23-13-7-4-8-14-23)18-22-12-9-15-24(16-22)29-25(31)17-21-10-5-3-6-11-21/h3-16H,17-20,28H2,1-2H3,(H,29,31). The van der Waals surface area contributed by atoms with E-state index < -0.39 is 0 Å². The van der Waals surface area contributed by atoms with Crippen LogP contribution in [0.15, 0.2) is 84.9 Å². The molecule has 0 radical (unpaired) electrons. The van der Waals surface area contributed by atoms with E-state index in [4.69, 9.17) is 5.73 Å². The summed E-state index contributed by atoms with van der Waals surface area (Å²) in [5.74, 6) is -0.111. The van der Waals surface area contributed by atoms with Crippen LogP contribution >= 0.6 is 0 Å². The van der Waals surface area contributed by atoms with Crippen LogP contribution < -0.4 is 11.1 Å². The first-order valence-electron chi connectivity index (χ1n) is 10.8. The molecular weight excluding hydrogens is 398 g/mol. The number of anilines is 1. The summed E-state index contributed by atoms with van der Waals surface area (Å²) in [6.07, 6.45) is 0.314. The molecule has 0 fully saturated rings. The van der Waals surface area contributed by atoms with Gasteiger partial charge in [-0.3, -0.25) is 9.59 Å². The van der Waals surface area contributed by atoms with E-state index in [1.54, 1.807) is 0 Å². The topological polar surface area (TPSA) is 75.4 Å². The van der Waals surface area contributed by atoms with Crippen LogP contribution in [0.5, 0.6) is 0 Å². The Morgan fingerprint density at radius 3 is 2.16 bits per heavy atom. The van der Waals surface area contributed by atoms with Gasteiger partial charge in [0.2, 0.25) is 5.91 Å². The largest absolute Gasteiger partial charge is 0.334 e. The zero-order valence-corrected chi connectivity index (χ0v) is 18.8. The molecule has 0 atom stereocenters. The van der Waals surface area contributed by atoms with Gasteiger partial charge in [0, 0.05) is 24.3 Å². The molecule has 0 aliphatic carbocycles. The van der Waals surface area contributed by atoms with Gasteiger partial charge in [-0.2, -0.15) is 0 Å². The van der Waals surface area contributed by atoms with Crippen molar-refractivity contribution < 1.29 is 9.59 Å². The van der Waals surface area contributed by atoms with E-state index in [1.165, 1.54) is 0 Å². The third-order valence-electron chi connectivity index (χ3n) is 5.27. The minimum atomic E-state index is -0.216. The third-order valence-corrected chi connectivity index (χ3v) is 5.27. The van der Waals surface area contributed by atoms with Gasteiger partial charge >= 0.3 is 0 Å². The molecule has 32 heavy (non-hydrogen) atoms. The summed E-state index contributed by atoms with van der Waals surface area (Å²) in [5, 5.41) is 2.96. The first kappa shape index (κ1) is 23.2. The fourth-order valence-corrected chi connectivity index (χ4v) is 3.50. The van der Waals surface area contributed by atoms with Gasteiger partial charge in [-0.05, 0) is 47.4 Å². The molecule has 0 saturated heterocycles. The number of carbonyl (C=O) groups is 2. The van der Waals surface area contributed by atoms with Crippen LogP contribution in [-0.4, -0.2) is 29.8 Å². The maximum atomic E-state index is 13.2. The van der Waals surface area contributed by atoms with E-state index in [9.17, 15) is 9.59 Å². The summed E-state index contributed by atoms with van der Waals surface area (Å²) >= 11 is 0. The lowest BCUT2D eigenvalue weighted by Crippen LogP contribution is -2.41. The molecule has 0 spiro atoms. The molecule has 0 aliphatic heterocycles. The van der Waals surface area contributed by atoms with E-state index in [0.29, 0.717) is 37.3 Å². The van der Waals surface area contributed by atoms with Crippen molar-refractivity contribution >= 4 is 17.5 Å². The molecule has 0 bridgehead atoms. The van der Waals surface area contributed by atoms with Crippen molar-refractivity contribution in [2.24, 2.45) is 11.1 Å². The molecule has 3 aromatic rings. The maximum Gasteiger partial charge on any atom is 0.254 e. The van der Waals surface area contributed by atoms with Crippen molar-refractivity contribution in [2.45, 2.75) is 26.8 Å². The number of benzene rings is 3. The lowest BCUT2D eigenvalue weighted by molar-refractivity contribution is -0.115. The number of rotatable bonds is 9. The first-order chi connectivity index (χ1) is 15.4. The summed E-state index contributed by atoms with van der Waals surface area (Å²) in [6.45, 7) is 5.54. The molecule has 166 valence electrons. The molecular formula is C27H31N3O2. The molecule has 3 aromatic carbocycles. The van der Waals surface area contributed by atoms with Gasteiger partial charge in [0.05, 0.1) is 6.42 Å². The SMILES string of the molecule is CC(C)(CN)CN(Cc1cccc(NC(=O)Cc2ccccc2)c1)C(=O)c1ccccc1. The summed E-state index contributed by atoms with van der Waals surface area (Å²) in [7, 11) is 0. The second kappa shape index (κ2) is 10.7. The van der Waals surface area contributed by atoms with Crippen molar-refractivity contribution in [1.29, 1.82) is 0 Å². The van der Waals surface area contributed by atoms with Crippen molar-refractivity contribution in [2.75, 3.05) is 18.4 Å². The predicted molar refractivity (Wildman–Crippen MR) is 129 cm³/mol. The Morgan fingerprint density at radius 1 is 0.875 bits per heavy atom. The van der Waals surface area contributed by atoms with Crippen LogP contribution in [0, 0.1) is 5.41 Å². The third kappa shape index (κ3) is 6.79. The Morgan fingerprint density at radius 2 is 1.50 bits per heavy atom. The highest BCUT2D eigenvalue weighted by Gasteiger charge is 2.25. The van der Waals surface area contributed by atoms with Gasteiger partial charge < -0.3 is 16.0 Å². The number of nitrogens with zero attached hydrogens (tertiary/aromatic N) is 1. The highest BCUT2D eigenvalue weighted by Crippen LogP contribution is 2.21. The molecule has 0 saturated carbocycles. The van der Waals surface area contributed by atoms with E-state index in [1.807, 2.05) is 89.8 Å². The molecule has 3 rings (SSSR count). The van der Waals surface area contributed by atoms with E-state index in [0.717, 1.165) is 11.1 Å². The highest BCUT2D eigenvalue weighted by molar-refractivity contribution is 5.94. The highest BCUT2D eigenvalue weighted by atomic mass is 16.2. The van der Waals surface area contributed by atoms with E-state index in [2.05, 4.69) is 19.2 Å². The van der Waals surface area contributed by atoms with Gasteiger partial charge in [0.15, 0.2) is 0 Å². The van der Waals surface area contributed by atoms with Crippen LogP contribution in [0.3, 0.4) is 0 Å². The Balaban J connectivity index is 1.74. The summed E-state index contributed by atoms with van der Waals surface area (Å²) in [4.78, 5) is 27.5. The number of amides is 2. The van der Waals surface area contributed by atoms with Crippen LogP contribution in [0.4, 0.5) is 5.69 Å². The molecule has 0 aliphatic rings. The van der Waals surface area contributed by atoms with Gasteiger partial charge in [-0.25, -0.2) is 0 Å². The fourth-order valence-electron chi connectivity index (χ4n) is 3.50. The van der Waals surface area contributed by atoms with Gasteiger partial charge in [0.1, 0.15) is 0 Å². The average molecular weight is 430 g/mol. The second-order valence-corrected chi connectivity index (χ2v) is 8.81. The Hall–Kier alpha value is -3.44. The van der Waals surface area contributed by atoms with Gasteiger partial charge in [-0.1, -0.05) is 74.5 Å². The molecule has 0 heterocycles. The number of hydrogen-bond donors (Lipinski definition) is 2. The van der Waals surface area contributed by atoms with Crippen LogP contribution in [0.2, 0.25) is 0 Å². The summed E-state index contributed by atoms with van der Waals surface area (Å²) in [6, 6.07) is 26.6.